The van der Waals surface area contributed by atoms with Gasteiger partial charge in [0, 0.05) is 19.2 Å². The van der Waals surface area contributed by atoms with Crippen LogP contribution in [-0.4, -0.2) is 47.5 Å². The Hall–Kier alpha value is -0.120. The van der Waals surface area contributed by atoms with Gasteiger partial charge in [-0.25, -0.2) is 0 Å². The average molecular weight is 173 g/mol. The van der Waals surface area contributed by atoms with Crippen molar-refractivity contribution in [2.75, 3.05) is 26.3 Å². The van der Waals surface area contributed by atoms with Crippen LogP contribution in [0.2, 0.25) is 0 Å². The molecule has 1 heterocycles. The molecule has 0 amide bonds. The van der Waals surface area contributed by atoms with E-state index in [1.807, 2.05) is 0 Å². The van der Waals surface area contributed by atoms with E-state index >= 15 is 0 Å². The van der Waals surface area contributed by atoms with Gasteiger partial charge in [-0.15, -0.1) is 0 Å². The second-order valence-corrected chi connectivity index (χ2v) is 3.45. The fourth-order valence-electron chi connectivity index (χ4n) is 1.83. The molecule has 2 N–H and O–H groups in total. The summed E-state index contributed by atoms with van der Waals surface area (Å²) in [6.07, 6.45) is 4.42. The molecular weight excluding hydrogens is 154 g/mol. The van der Waals surface area contributed by atoms with E-state index in [9.17, 15) is 0 Å². The lowest BCUT2D eigenvalue weighted by Crippen LogP contribution is -2.42. The summed E-state index contributed by atoms with van der Waals surface area (Å²) in [5, 5.41) is 17.7. The molecule has 3 nitrogen and oxygen atoms in total. The quantitative estimate of drug-likeness (QED) is 0.639. The third-order valence-electron chi connectivity index (χ3n) is 2.56. The number of likely N-dealkylation sites (tertiary alicyclic amines) is 1. The van der Waals surface area contributed by atoms with Crippen molar-refractivity contribution in [1.29, 1.82) is 0 Å². The Kier molecular flexibility index (Phi) is 4.58. The van der Waals surface area contributed by atoms with E-state index < -0.39 is 0 Å². The highest BCUT2D eigenvalue weighted by molar-refractivity contribution is 4.75. The normalized spacial score (nSPS) is 26.0. The molecule has 1 fully saturated rings. The molecule has 1 rings (SSSR count). The minimum atomic E-state index is 0.259. The van der Waals surface area contributed by atoms with E-state index in [1.165, 1.54) is 12.8 Å². The number of piperidine rings is 1. The van der Waals surface area contributed by atoms with Gasteiger partial charge in [-0.3, -0.25) is 4.90 Å². The highest BCUT2D eigenvalue weighted by atomic mass is 16.3. The molecule has 0 saturated carbocycles. The second kappa shape index (κ2) is 5.51. The fourth-order valence-corrected chi connectivity index (χ4v) is 1.83. The van der Waals surface area contributed by atoms with Crippen LogP contribution in [0, 0.1) is 0 Å². The lowest BCUT2D eigenvalue weighted by molar-refractivity contribution is 0.0840. The molecule has 1 atom stereocenters. The van der Waals surface area contributed by atoms with Gasteiger partial charge in [0.2, 0.25) is 0 Å². The summed E-state index contributed by atoms with van der Waals surface area (Å²) in [7, 11) is 0. The number of aliphatic hydroxyl groups excluding tert-OH is 2. The number of hydrogen-bond acceptors (Lipinski definition) is 3. The van der Waals surface area contributed by atoms with Gasteiger partial charge in [-0.1, -0.05) is 6.42 Å². The lowest BCUT2D eigenvalue weighted by Gasteiger charge is -2.34. The molecule has 1 saturated heterocycles. The fraction of sp³-hybridized carbons (Fsp3) is 1.00. The molecule has 0 unspecified atom stereocenters. The minimum Gasteiger partial charge on any atom is -0.396 e. The maximum Gasteiger partial charge on any atom is 0.0586 e. The Balaban J connectivity index is 2.26. The van der Waals surface area contributed by atoms with Gasteiger partial charge < -0.3 is 10.2 Å². The van der Waals surface area contributed by atoms with Crippen LogP contribution < -0.4 is 0 Å². The minimum absolute atomic E-state index is 0.259. The highest BCUT2D eigenvalue weighted by Gasteiger charge is 2.20. The van der Waals surface area contributed by atoms with Gasteiger partial charge in [-0.2, -0.15) is 0 Å². The Morgan fingerprint density at radius 1 is 1.25 bits per heavy atom. The molecule has 0 aromatic rings. The van der Waals surface area contributed by atoms with Crippen molar-refractivity contribution in [3.05, 3.63) is 0 Å². The Labute approximate surface area is 74.0 Å². The molecule has 0 spiro atoms. The van der Waals surface area contributed by atoms with Crippen LogP contribution in [0.5, 0.6) is 0 Å². The molecular formula is C9H19NO2. The van der Waals surface area contributed by atoms with Crippen LogP contribution in [0.25, 0.3) is 0 Å². The molecule has 1 aliphatic heterocycles. The van der Waals surface area contributed by atoms with Crippen LogP contribution >= 0.6 is 0 Å². The first-order valence-corrected chi connectivity index (χ1v) is 4.84. The Bertz CT molecular complexity index is 119. The molecule has 72 valence electrons. The third kappa shape index (κ3) is 2.73. The SMILES string of the molecule is OCCCN1CCCC[C@H]1CO. The van der Waals surface area contributed by atoms with Crippen LogP contribution in [0.4, 0.5) is 0 Å². The van der Waals surface area contributed by atoms with Crippen LogP contribution in [0.3, 0.4) is 0 Å². The maximum atomic E-state index is 9.06. The van der Waals surface area contributed by atoms with Gasteiger partial charge in [0.1, 0.15) is 0 Å². The zero-order valence-electron chi connectivity index (χ0n) is 7.58. The van der Waals surface area contributed by atoms with E-state index in [4.69, 9.17) is 10.2 Å². The molecule has 1 aliphatic rings. The summed E-state index contributed by atoms with van der Waals surface area (Å²) in [5.74, 6) is 0. The molecule has 0 radical (unpaired) electrons. The van der Waals surface area contributed by atoms with Gasteiger partial charge in [0.05, 0.1) is 6.61 Å². The molecule has 12 heavy (non-hydrogen) atoms. The summed E-state index contributed by atoms with van der Waals surface area (Å²) in [6, 6.07) is 0.352. The molecule has 0 bridgehead atoms. The number of rotatable bonds is 4. The Morgan fingerprint density at radius 3 is 2.75 bits per heavy atom. The van der Waals surface area contributed by atoms with Crippen molar-refractivity contribution in [3.63, 3.8) is 0 Å². The predicted molar refractivity (Wildman–Crippen MR) is 48.0 cm³/mol. The smallest absolute Gasteiger partial charge is 0.0586 e. The van der Waals surface area contributed by atoms with Crippen LogP contribution in [0.15, 0.2) is 0 Å². The average Bonchev–Trinajstić information content (AvgIpc) is 2.15. The van der Waals surface area contributed by atoms with Crippen molar-refractivity contribution >= 4 is 0 Å². The highest BCUT2D eigenvalue weighted by Crippen LogP contribution is 2.16. The maximum absolute atomic E-state index is 9.06. The van der Waals surface area contributed by atoms with Gasteiger partial charge >= 0.3 is 0 Å². The number of aliphatic hydroxyl groups is 2. The monoisotopic (exact) mass is 173 g/mol. The molecule has 0 aliphatic carbocycles. The topological polar surface area (TPSA) is 43.7 Å². The molecule has 0 aromatic heterocycles. The predicted octanol–water partition coefficient (Wildman–Crippen LogP) is 0.216. The number of nitrogens with zero attached hydrogens (tertiary/aromatic N) is 1. The van der Waals surface area contributed by atoms with Crippen molar-refractivity contribution in [1.82, 2.24) is 4.90 Å². The first-order valence-electron chi connectivity index (χ1n) is 4.84. The zero-order chi connectivity index (χ0) is 8.81. The second-order valence-electron chi connectivity index (χ2n) is 3.45. The van der Waals surface area contributed by atoms with E-state index in [-0.39, 0.29) is 13.2 Å². The number of hydrogen-bond donors (Lipinski definition) is 2. The first kappa shape index (κ1) is 9.96. The standard InChI is InChI=1S/C9H19NO2/c11-7-3-6-10-5-2-1-4-9(10)8-12/h9,11-12H,1-8H2/t9-/m0/s1. The van der Waals surface area contributed by atoms with E-state index in [1.54, 1.807) is 0 Å². The van der Waals surface area contributed by atoms with Crippen LogP contribution in [0.1, 0.15) is 25.7 Å². The molecule has 3 heteroatoms. The van der Waals surface area contributed by atoms with Crippen LogP contribution in [-0.2, 0) is 0 Å². The lowest BCUT2D eigenvalue weighted by atomic mass is 10.0. The van der Waals surface area contributed by atoms with Crippen molar-refractivity contribution in [3.8, 4) is 0 Å². The summed E-state index contributed by atoms with van der Waals surface area (Å²) in [4.78, 5) is 2.29. The summed E-state index contributed by atoms with van der Waals surface area (Å²) < 4.78 is 0. The van der Waals surface area contributed by atoms with Gasteiger partial charge in [0.25, 0.3) is 0 Å². The van der Waals surface area contributed by atoms with Gasteiger partial charge in [0.15, 0.2) is 0 Å². The summed E-state index contributed by atoms with van der Waals surface area (Å²) >= 11 is 0. The van der Waals surface area contributed by atoms with Crippen molar-refractivity contribution in [2.24, 2.45) is 0 Å². The van der Waals surface area contributed by atoms with Gasteiger partial charge in [-0.05, 0) is 25.8 Å². The van der Waals surface area contributed by atoms with E-state index in [2.05, 4.69) is 4.90 Å². The molecule has 0 aromatic carbocycles. The third-order valence-corrected chi connectivity index (χ3v) is 2.56. The summed E-state index contributed by atoms with van der Waals surface area (Å²) in [6.45, 7) is 2.55. The zero-order valence-corrected chi connectivity index (χ0v) is 7.58. The first-order chi connectivity index (χ1) is 5.88. The van der Waals surface area contributed by atoms with E-state index in [0.29, 0.717) is 6.04 Å². The van der Waals surface area contributed by atoms with Crippen molar-refractivity contribution in [2.45, 2.75) is 31.7 Å². The Morgan fingerprint density at radius 2 is 2.08 bits per heavy atom. The summed E-state index contributed by atoms with van der Waals surface area (Å²) in [5.41, 5.74) is 0. The van der Waals surface area contributed by atoms with E-state index in [0.717, 1.165) is 25.9 Å². The van der Waals surface area contributed by atoms with Crippen molar-refractivity contribution < 1.29 is 10.2 Å². The largest absolute Gasteiger partial charge is 0.396 e.